The fourth-order valence-electron chi connectivity index (χ4n) is 3.29. The highest BCUT2D eigenvalue weighted by atomic mass is 16.2. The summed E-state index contributed by atoms with van der Waals surface area (Å²) in [6.07, 6.45) is 5.88. The van der Waals surface area contributed by atoms with Gasteiger partial charge in [0.1, 0.15) is 12.1 Å². The van der Waals surface area contributed by atoms with Crippen LogP contribution in [0, 0.1) is 0 Å². The highest BCUT2D eigenvalue weighted by molar-refractivity contribution is 5.78. The standard InChI is InChI=1S/C18H20N6O/c25-18(24-16(6-9-21-24)15-4-2-1-3-5-15)23-12-10-22(11-13-23)17-7-8-19-14-20-17/h1-5,7-9,14,16H,6,10-13H2. The Morgan fingerprint density at radius 1 is 1.04 bits per heavy atom. The van der Waals surface area contributed by atoms with Crippen molar-refractivity contribution in [1.82, 2.24) is 19.9 Å². The number of hydrogen-bond donors (Lipinski definition) is 0. The summed E-state index contributed by atoms with van der Waals surface area (Å²) in [6.45, 7) is 2.85. The van der Waals surface area contributed by atoms with Gasteiger partial charge in [0, 0.05) is 45.0 Å². The van der Waals surface area contributed by atoms with Gasteiger partial charge in [-0.05, 0) is 11.6 Å². The van der Waals surface area contributed by atoms with E-state index in [1.54, 1.807) is 17.5 Å². The maximum Gasteiger partial charge on any atom is 0.341 e. The number of aromatic nitrogens is 2. The van der Waals surface area contributed by atoms with Crippen LogP contribution in [0.1, 0.15) is 18.0 Å². The average Bonchev–Trinajstić information content (AvgIpc) is 3.19. The van der Waals surface area contributed by atoms with Crippen molar-refractivity contribution >= 4 is 18.1 Å². The summed E-state index contributed by atoms with van der Waals surface area (Å²) in [5.41, 5.74) is 1.12. The molecule has 3 heterocycles. The molecule has 2 aliphatic heterocycles. The summed E-state index contributed by atoms with van der Waals surface area (Å²) in [5, 5.41) is 5.95. The zero-order chi connectivity index (χ0) is 17.1. The summed E-state index contributed by atoms with van der Waals surface area (Å²) < 4.78 is 0. The lowest BCUT2D eigenvalue weighted by Gasteiger charge is -2.37. The molecule has 1 fully saturated rings. The SMILES string of the molecule is O=C(N1CCN(c2ccncn2)CC1)N1N=CCC1c1ccccc1. The maximum absolute atomic E-state index is 12.9. The van der Waals surface area contributed by atoms with Crippen LogP contribution in [-0.2, 0) is 0 Å². The molecule has 0 radical (unpaired) electrons. The summed E-state index contributed by atoms with van der Waals surface area (Å²) in [4.78, 5) is 25.2. The highest BCUT2D eigenvalue weighted by Gasteiger charge is 2.33. The number of rotatable bonds is 2. The molecule has 2 amide bonds. The van der Waals surface area contributed by atoms with E-state index < -0.39 is 0 Å². The predicted molar refractivity (Wildman–Crippen MR) is 95.3 cm³/mol. The van der Waals surface area contributed by atoms with E-state index in [2.05, 4.69) is 20.0 Å². The first-order chi connectivity index (χ1) is 12.3. The number of hydrogen-bond acceptors (Lipinski definition) is 5. The van der Waals surface area contributed by atoms with E-state index in [1.165, 1.54) is 0 Å². The number of piperazine rings is 1. The van der Waals surface area contributed by atoms with Gasteiger partial charge in [0.25, 0.3) is 0 Å². The highest BCUT2D eigenvalue weighted by Crippen LogP contribution is 2.29. The van der Waals surface area contributed by atoms with Crippen LogP contribution in [0.2, 0.25) is 0 Å². The zero-order valence-corrected chi connectivity index (χ0v) is 13.9. The van der Waals surface area contributed by atoms with Gasteiger partial charge in [-0.2, -0.15) is 5.10 Å². The third-order valence-corrected chi connectivity index (χ3v) is 4.65. The van der Waals surface area contributed by atoms with Crippen LogP contribution in [0.4, 0.5) is 10.6 Å². The first kappa shape index (κ1) is 15.6. The largest absolute Gasteiger partial charge is 0.353 e. The van der Waals surface area contributed by atoms with E-state index in [4.69, 9.17) is 0 Å². The Morgan fingerprint density at radius 2 is 1.84 bits per heavy atom. The Kier molecular flexibility index (Phi) is 4.28. The summed E-state index contributed by atoms with van der Waals surface area (Å²) in [6, 6.07) is 11.9. The number of hydrazone groups is 1. The average molecular weight is 336 g/mol. The number of carbonyl (C=O) groups excluding carboxylic acids is 1. The number of anilines is 1. The van der Waals surface area contributed by atoms with E-state index in [1.807, 2.05) is 47.5 Å². The van der Waals surface area contributed by atoms with Gasteiger partial charge in [0.05, 0.1) is 6.04 Å². The Balaban J connectivity index is 1.41. The van der Waals surface area contributed by atoms with E-state index in [-0.39, 0.29) is 12.1 Å². The van der Waals surface area contributed by atoms with Gasteiger partial charge in [-0.1, -0.05) is 30.3 Å². The van der Waals surface area contributed by atoms with Gasteiger partial charge in [-0.3, -0.25) is 0 Å². The van der Waals surface area contributed by atoms with Crippen LogP contribution in [0.3, 0.4) is 0 Å². The van der Waals surface area contributed by atoms with Crippen molar-refractivity contribution < 1.29 is 4.79 Å². The summed E-state index contributed by atoms with van der Waals surface area (Å²) in [7, 11) is 0. The first-order valence-electron chi connectivity index (χ1n) is 8.49. The molecule has 1 aromatic carbocycles. The van der Waals surface area contributed by atoms with Crippen LogP contribution in [0.5, 0.6) is 0 Å². The molecular weight excluding hydrogens is 316 g/mol. The molecule has 2 aliphatic rings. The molecule has 1 atom stereocenters. The van der Waals surface area contributed by atoms with Gasteiger partial charge in [0.2, 0.25) is 0 Å². The van der Waals surface area contributed by atoms with Crippen molar-refractivity contribution in [2.75, 3.05) is 31.1 Å². The first-order valence-corrected chi connectivity index (χ1v) is 8.49. The summed E-state index contributed by atoms with van der Waals surface area (Å²) >= 11 is 0. The molecule has 7 nitrogen and oxygen atoms in total. The van der Waals surface area contributed by atoms with Gasteiger partial charge in [0.15, 0.2) is 0 Å². The molecule has 1 unspecified atom stereocenters. The molecule has 0 bridgehead atoms. The molecule has 128 valence electrons. The fourth-order valence-corrected chi connectivity index (χ4v) is 3.29. The Labute approximate surface area is 146 Å². The van der Waals surface area contributed by atoms with E-state index in [0.717, 1.165) is 30.9 Å². The topological polar surface area (TPSA) is 64.9 Å². The third-order valence-electron chi connectivity index (χ3n) is 4.65. The molecule has 2 aromatic rings. The fraction of sp³-hybridized carbons (Fsp3) is 0.333. The predicted octanol–water partition coefficient (Wildman–Crippen LogP) is 2.15. The minimum absolute atomic E-state index is 0.00593. The smallest absolute Gasteiger partial charge is 0.341 e. The van der Waals surface area contributed by atoms with Crippen LogP contribution in [0.25, 0.3) is 0 Å². The van der Waals surface area contributed by atoms with Crippen LogP contribution >= 0.6 is 0 Å². The maximum atomic E-state index is 12.9. The monoisotopic (exact) mass is 336 g/mol. The molecule has 0 saturated carbocycles. The van der Waals surface area contributed by atoms with E-state index in [9.17, 15) is 4.79 Å². The third kappa shape index (κ3) is 3.17. The molecule has 7 heteroatoms. The molecule has 1 saturated heterocycles. The molecule has 4 rings (SSSR count). The number of urea groups is 1. The molecule has 25 heavy (non-hydrogen) atoms. The van der Waals surface area contributed by atoms with E-state index >= 15 is 0 Å². The second kappa shape index (κ2) is 6.88. The van der Waals surface area contributed by atoms with Gasteiger partial charge in [-0.25, -0.2) is 19.8 Å². The van der Waals surface area contributed by atoms with Crippen molar-refractivity contribution in [2.24, 2.45) is 5.10 Å². The van der Waals surface area contributed by atoms with Gasteiger partial charge >= 0.3 is 6.03 Å². The van der Waals surface area contributed by atoms with Crippen LogP contribution in [0.15, 0.2) is 54.0 Å². The lowest BCUT2D eigenvalue weighted by Crippen LogP contribution is -2.52. The zero-order valence-electron chi connectivity index (χ0n) is 13.9. The number of benzene rings is 1. The quantitative estimate of drug-likeness (QED) is 0.843. The van der Waals surface area contributed by atoms with Crippen molar-refractivity contribution in [1.29, 1.82) is 0 Å². The number of nitrogens with zero attached hydrogens (tertiary/aromatic N) is 6. The lowest BCUT2D eigenvalue weighted by atomic mass is 10.1. The van der Waals surface area contributed by atoms with Crippen molar-refractivity contribution in [2.45, 2.75) is 12.5 Å². The molecule has 0 N–H and O–H groups in total. The molecule has 0 spiro atoms. The van der Waals surface area contributed by atoms with Gasteiger partial charge in [-0.15, -0.1) is 0 Å². The van der Waals surface area contributed by atoms with Crippen molar-refractivity contribution in [3.05, 3.63) is 54.5 Å². The molecule has 1 aromatic heterocycles. The van der Waals surface area contributed by atoms with Crippen molar-refractivity contribution in [3.8, 4) is 0 Å². The van der Waals surface area contributed by atoms with Crippen LogP contribution in [-0.4, -0.2) is 58.3 Å². The second-order valence-electron chi connectivity index (χ2n) is 6.13. The summed E-state index contributed by atoms with van der Waals surface area (Å²) in [5.74, 6) is 0.906. The Morgan fingerprint density at radius 3 is 2.56 bits per heavy atom. The van der Waals surface area contributed by atoms with Crippen LogP contribution < -0.4 is 4.90 Å². The minimum atomic E-state index is -0.0232. The molecule has 0 aliphatic carbocycles. The number of carbonyl (C=O) groups is 1. The normalized spacial score (nSPS) is 20.2. The molecular formula is C18H20N6O. The Bertz CT molecular complexity index is 743. The number of amides is 2. The second-order valence-corrected chi connectivity index (χ2v) is 6.13. The van der Waals surface area contributed by atoms with E-state index in [0.29, 0.717) is 13.1 Å². The van der Waals surface area contributed by atoms with Crippen molar-refractivity contribution in [3.63, 3.8) is 0 Å². The minimum Gasteiger partial charge on any atom is -0.353 e. The Hall–Kier alpha value is -2.96. The van der Waals surface area contributed by atoms with Gasteiger partial charge < -0.3 is 9.80 Å². The lowest BCUT2D eigenvalue weighted by molar-refractivity contribution is 0.139.